The molecule has 0 atom stereocenters. The van der Waals surface area contributed by atoms with Crippen LogP contribution in [0.1, 0.15) is 37.8 Å². The van der Waals surface area contributed by atoms with Gasteiger partial charge in [-0.05, 0) is 29.5 Å². The number of hydrogen-bond donors (Lipinski definition) is 0. The van der Waals surface area contributed by atoms with Crippen LogP contribution >= 0.6 is 0 Å². The van der Waals surface area contributed by atoms with E-state index >= 15 is 0 Å². The Kier molecular flexibility index (Phi) is 3.56. The molecule has 1 aromatic carbocycles. The maximum Gasteiger partial charge on any atom is 0.0396 e. The summed E-state index contributed by atoms with van der Waals surface area (Å²) in [4.78, 5) is 2.20. The van der Waals surface area contributed by atoms with E-state index in [1.54, 1.807) is 0 Å². The summed E-state index contributed by atoms with van der Waals surface area (Å²) < 4.78 is 0. The third-order valence-corrected chi connectivity index (χ3v) is 2.64. The molecule has 0 heterocycles. The van der Waals surface area contributed by atoms with E-state index < -0.39 is 0 Å². The largest absolute Gasteiger partial charge is 0.377 e. The summed E-state index contributed by atoms with van der Waals surface area (Å²) in [6.45, 7) is 6.75. The molecule has 0 aliphatic carbocycles. The van der Waals surface area contributed by atoms with Crippen molar-refractivity contribution in [1.82, 2.24) is 0 Å². The standard InChI is InChI=1S/C13H21N/c1-6-11-12(10(2)3)8-7-9-13(11)14(4)5/h7-10H,6H2,1-5H3. The fourth-order valence-corrected chi connectivity index (χ4v) is 1.94. The lowest BCUT2D eigenvalue weighted by Crippen LogP contribution is -2.12. The predicted octanol–water partition coefficient (Wildman–Crippen LogP) is 3.44. The molecule has 1 heteroatoms. The van der Waals surface area contributed by atoms with Crippen LogP contribution in [0.5, 0.6) is 0 Å². The zero-order valence-electron chi connectivity index (χ0n) is 9.96. The second-order valence-corrected chi connectivity index (χ2v) is 4.25. The molecule has 0 bridgehead atoms. The van der Waals surface area contributed by atoms with Gasteiger partial charge in [0.15, 0.2) is 0 Å². The highest BCUT2D eigenvalue weighted by atomic mass is 15.1. The molecule has 0 N–H and O–H groups in total. The number of benzene rings is 1. The number of nitrogens with zero attached hydrogens (tertiary/aromatic N) is 1. The molecule has 1 rings (SSSR count). The van der Waals surface area contributed by atoms with Gasteiger partial charge in [0.05, 0.1) is 0 Å². The zero-order valence-corrected chi connectivity index (χ0v) is 9.96. The molecule has 0 spiro atoms. The van der Waals surface area contributed by atoms with Crippen LogP contribution in [0.25, 0.3) is 0 Å². The van der Waals surface area contributed by atoms with Gasteiger partial charge >= 0.3 is 0 Å². The van der Waals surface area contributed by atoms with Crippen LogP contribution in [0.4, 0.5) is 5.69 Å². The lowest BCUT2D eigenvalue weighted by molar-refractivity contribution is 0.841. The molecule has 0 aromatic heterocycles. The number of anilines is 1. The van der Waals surface area contributed by atoms with Gasteiger partial charge in [-0.1, -0.05) is 32.9 Å². The maximum absolute atomic E-state index is 2.26. The maximum atomic E-state index is 2.26. The van der Waals surface area contributed by atoms with Crippen LogP contribution in [0.3, 0.4) is 0 Å². The molecule has 14 heavy (non-hydrogen) atoms. The summed E-state index contributed by atoms with van der Waals surface area (Å²) in [5.41, 5.74) is 4.34. The monoisotopic (exact) mass is 191 g/mol. The average molecular weight is 191 g/mol. The van der Waals surface area contributed by atoms with Crippen molar-refractivity contribution in [3.8, 4) is 0 Å². The van der Waals surface area contributed by atoms with Gasteiger partial charge in [-0.25, -0.2) is 0 Å². The van der Waals surface area contributed by atoms with Crippen molar-refractivity contribution in [1.29, 1.82) is 0 Å². The minimum absolute atomic E-state index is 0.616. The van der Waals surface area contributed by atoms with Gasteiger partial charge in [-0.2, -0.15) is 0 Å². The molecule has 0 aliphatic heterocycles. The Morgan fingerprint density at radius 3 is 2.29 bits per heavy atom. The van der Waals surface area contributed by atoms with Crippen LogP contribution in [0.2, 0.25) is 0 Å². The minimum atomic E-state index is 0.616. The van der Waals surface area contributed by atoms with Crippen molar-refractivity contribution in [2.24, 2.45) is 0 Å². The van der Waals surface area contributed by atoms with Crippen molar-refractivity contribution in [3.05, 3.63) is 29.3 Å². The van der Waals surface area contributed by atoms with Gasteiger partial charge in [0.1, 0.15) is 0 Å². The lowest BCUT2D eigenvalue weighted by atomic mass is 9.94. The highest BCUT2D eigenvalue weighted by Gasteiger charge is 2.10. The third-order valence-electron chi connectivity index (χ3n) is 2.64. The summed E-state index contributed by atoms with van der Waals surface area (Å²) >= 11 is 0. The molecule has 0 saturated heterocycles. The SMILES string of the molecule is CCc1c(C(C)C)cccc1N(C)C. The first-order valence-electron chi connectivity index (χ1n) is 5.37. The number of rotatable bonds is 3. The molecule has 1 aromatic rings. The van der Waals surface area contributed by atoms with E-state index in [-0.39, 0.29) is 0 Å². The van der Waals surface area contributed by atoms with E-state index in [1.165, 1.54) is 16.8 Å². The van der Waals surface area contributed by atoms with Gasteiger partial charge in [0.2, 0.25) is 0 Å². The topological polar surface area (TPSA) is 3.24 Å². The summed E-state index contributed by atoms with van der Waals surface area (Å²) in [5.74, 6) is 0.616. The van der Waals surface area contributed by atoms with E-state index in [0.717, 1.165) is 6.42 Å². The molecule has 0 fully saturated rings. The van der Waals surface area contributed by atoms with E-state index in [0.29, 0.717) is 5.92 Å². The van der Waals surface area contributed by atoms with Crippen molar-refractivity contribution in [2.45, 2.75) is 33.1 Å². The molecular weight excluding hydrogens is 170 g/mol. The molecule has 0 aliphatic rings. The lowest BCUT2D eigenvalue weighted by Gasteiger charge is -2.21. The predicted molar refractivity (Wildman–Crippen MR) is 64.2 cm³/mol. The Morgan fingerprint density at radius 2 is 1.86 bits per heavy atom. The van der Waals surface area contributed by atoms with Crippen LogP contribution < -0.4 is 4.90 Å². The Balaban J connectivity index is 3.25. The van der Waals surface area contributed by atoms with E-state index in [4.69, 9.17) is 0 Å². The van der Waals surface area contributed by atoms with Gasteiger partial charge in [0, 0.05) is 19.8 Å². The highest BCUT2D eigenvalue weighted by molar-refractivity contribution is 5.56. The van der Waals surface area contributed by atoms with Crippen molar-refractivity contribution in [2.75, 3.05) is 19.0 Å². The van der Waals surface area contributed by atoms with Gasteiger partial charge in [-0.3, -0.25) is 0 Å². The molecule has 78 valence electrons. The normalized spacial score (nSPS) is 10.7. The van der Waals surface area contributed by atoms with Gasteiger partial charge in [-0.15, -0.1) is 0 Å². The summed E-state index contributed by atoms with van der Waals surface area (Å²) in [5, 5.41) is 0. The minimum Gasteiger partial charge on any atom is -0.377 e. The molecule has 0 unspecified atom stereocenters. The van der Waals surface area contributed by atoms with Gasteiger partial charge in [0.25, 0.3) is 0 Å². The molecule has 0 saturated carbocycles. The fourth-order valence-electron chi connectivity index (χ4n) is 1.94. The first-order valence-corrected chi connectivity index (χ1v) is 5.37. The smallest absolute Gasteiger partial charge is 0.0396 e. The molecule has 0 radical (unpaired) electrons. The summed E-state index contributed by atoms with van der Waals surface area (Å²) in [6, 6.07) is 6.60. The summed E-state index contributed by atoms with van der Waals surface area (Å²) in [6.07, 6.45) is 1.11. The summed E-state index contributed by atoms with van der Waals surface area (Å²) in [7, 11) is 4.22. The van der Waals surface area contributed by atoms with E-state index in [1.807, 2.05) is 0 Å². The number of hydrogen-bond acceptors (Lipinski definition) is 1. The second-order valence-electron chi connectivity index (χ2n) is 4.25. The van der Waals surface area contributed by atoms with Crippen molar-refractivity contribution < 1.29 is 0 Å². The highest BCUT2D eigenvalue weighted by Crippen LogP contribution is 2.27. The zero-order chi connectivity index (χ0) is 10.7. The Hall–Kier alpha value is -0.980. The Morgan fingerprint density at radius 1 is 1.21 bits per heavy atom. The first-order chi connectivity index (χ1) is 6.57. The molecule has 0 amide bonds. The molecular formula is C13H21N. The molecule has 1 nitrogen and oxygen atoms in total. The third kappa shape index (κ3) is 2.09. The van der Waals surface area contributed by atoms with Crippen molar-refractivity contribution in [3.63, 3.8) is 0 Å². The fraction of sp³-hybridized carbons (Fsp3) is 0.538. The van der Waals surface area contributed by atoms with Crippen LogP contribution in [0, 0.1) is 0 Å². The van der Waals surface area contributed by atoms with Crippen LogP contribution in [-0.4, -0.2) is 14.1 Å². The van der Waals surface area contributed by atoms with E-state index in [2.05, 4.69) is 58.0 Å². The average Bonchev–Trinajstić information content (AvgIpc) is 2.16. The van der Waals surface area contributed by atoms with Gasteiger partial charge < -0.3 is 4.90 Å². The van der Waals surface area contributed by atoms with E-state index in [9.17, 15) is 0 Å². The second kappa shape index (κ2) is 4.50. The quantitative estimate of drug-likeness (QED) is 0.707. The van der Waals surface area contributed by atoms with Crippen LogP contribution in [0.15, 0.2) is 18.2 Å². The van der Waals surface area contributed by atoms with Crippen LogP contribution in [-0.2, 0) is 6.42 Å². The first kappa shape index (κ1) is 11.1. The van der Waals surface area contributed by atoms with Crippen molar-refractivity contribution >= 4 is 5.69 Å². The Labute approximate surface area is 87.7 Å². The Bertz CT molecular complexity index is 274.